The first-order chi connectivity index (χ1) is 16.4. The van der Waals surface area contributed by atoms with E-state index in [1.807, 2.05) is 12.1 Å². The summed E-state index contributed by atoms with van der Waals surface area (Å²) >= 11 is 0. The van der Waals surface area contributed by atoms with Gasteiger partial charge in [0.1, 0.15) is 11.6 Å². The van der Waals surface area contributed by atoms with Crippen LogP contribution in [0.2, 0.25) is 0 Å². The van der Waals surface area contributed by atoms with E-state index in [4.69, 9.17) is 4.74 Å². The summed E-state index contributed by atoms with van der Waals surface area (Å²) in [7, 11) is -0.878. The fraction of sp³-hybridized carbons (Fsp3) is 0.280. The first kappa shape index (κ1) is 23.6. The van der Waals surface area contributed by atoms with Crippen molar-refractivity contribution in [3.05, 3.63) is 72.4 Å². The van der Waals surface area contributed by atoms with Gasteiger partial charge in [0, 0.05) is 25.7 Å². The SMILES string of the molecule is COc1ccccc1N(C)S(=O)(=O)c1ccc(C(=O)Nc2ccc(N3CCCCC3)nc2)cc1. The Labute approximate surface area is 200 Å². The largest absolute Gasteiger partial charge is 0.495 e. The Balaban J connectivity index is 1.45. The molecule has 1 aliphatic heterocycles. The lowest BCUT2D eigenvalue weighted by molar-refractivity contribution is 0.102. The molecule has 0 saturated carbocycles. The summed E-state index contributed by atoms with van der Waals surface area (Å²) in [4.78, 5) is 19.5. The van der Waals surface area contributed by atoms with Gasteiger partial charge in [-0.15, -0.1) is 0 Å². The maximum atomic E-state index is 13.1. The number of benzene rings is 2. The van der Waals surface area contributed by atoms with Gasteiger partial charge in [-0.3, -0.25) is 9.10 Å². The summed E-state index contributed by atoms with van der Waals surface area (Å²) in [6.45, 7) is 2.00. The van der Waals surface area contributed by atoms with Crippen molar-refractivity contribution >= 4 is 33.1 Å². The minimum Gasteiger partial charge on any atom is -0.495 e. The predicted molar refractivity (Wildman–Crippen MR) is 133 cm³/mol. The standard InChI is InChI=1S/C25H28N4O4S/c1-28(22-8-4-5-9-23(22)33-2)34(31,32)21-13-10-19(11-14-21)25(30)27-20-12-15-24(26-18-20)29-16-6-3-7-17-29/h4-5,8-15,18H,3,6-7,16-17H2,1-2H3,(H,27,30). The highest BCUT2D eigenvalue weighted by Gasteiger charge is 2.24. The first-order valence-corrected chi connectivity index (χ1v) is 12.6. The minimum atomic E-state index is -3.83. The molecular weight excluding hydrogens is 452 g/mol. The van der Waals surface area contributed by atoms with Crippen LogP contribution in [0.15, 0.2) is 71.8 Å². The van der Waals surface area contributed by atoms with Gasteiger partial charge in [0.25, 0.3) is 15.9 Å². The molecule has 178 valence electrons. The fourth-order valence-corrected chi connectivity index (χ4v) is 5.14. The van der Waals surface area contributed by atoms with E-state index in [1.54, 1.807) is 30.5 Å². The van der Waals surface area contributed by atoms with Crippen molar-refractivity contribution in [1.29, 1.82) is 0 Å². The summed E-state index contributed by atoms with van der Waals surface area (Å²) in [5.41, 5.74) is 1.35. The molecule has 0 unspecified atom stereocenters. The number of piperidine rings is 1. The summed E-state index contributed by atoms with van der Waals surface area (Å²) in [6, 6.07) is 16.5. The van der Waals surface area contributed by atoms with Gasteiger partial charge in [0.15, 0.2) is 0 Å². The van der Waals surface area contributed by atoms with Gasteiger partial charge in [-0.05, 0) is 67.8 Å². The number of nitrogens with one attached hydrogen (secondary N) is 1. The molecule has 8 nitrogen and oxygen atoms in total. The predicted octanol–water partition coefficient (Wildman–Crippen LogP) is 4.16. The third kappa shape index (κ3) is 4.99. The third-order valence-electron chi connectivity index (χ3n) is 5.89. The lowest BCUT2D eigenvalue weighted by atomic mass is 10.1. The highest BCUT2D eigenvalue weighted by Crippen LogP contribution is 2.31. The number of rotatable bonds is 7. The second kappa shape index (κ2) is 10.1. The smallest absolute Gasteiger partial charge is 0.264 e. The number of carbonyl (C=O) groups excluding carboxylic acids is 1. The van der Waals surface area contributed by atoms with E-state index in [-0.39, 0.29) is 10.8 Å². The number of pyridine rings is 1. The van der Waals surface area contributed by atoms with Crippen molar-refractivity contribution in [2.45, 2.75) is 24.2 Å². The Hall–Kier alpha value is -3.59. The number of anilines is 3. The number of amides is 1. The molecule has 34 heavy (non-hydrogen) atoms. The maximum Gasteiger partial charge on any atom is 0.264 e. The molecule has 1 saturated heterocycles. The van der Waals surface area contributed by atoms with E-state index in [0.717, 1.165) is 23.2 Å². The number of aromatic nitrogens is 1. The van der Waals surface area contributed by atoms with Crippen LogP contribution in [0.5, 0.6) is 5.75 Å². The van der Waals surface area contributed by atoms with Crippen molar-refractivity contribution in [2.24, 2.45) is 0 Å². The van der Waals surface area contributed by atoms with Crippen LogP contribution in [-0.2, 0) is 10.0 Å². The zero-order valence-electron chi connectivity index (χ0n) is 19.3. The molecule has 0 aliphatic carbocycles. The number of ether oxygens (including phenoxy) is 1. The molecule has 1 aliphatic rings. The van der Waals surface area contributed by atoms with Gasteiger partial charge >= 0.3 is 0 Å². The van der Waals surface area contributed by atoms with E-state index in [2.05, 4.69) is 15.2 Å². The molecule has 1 aromatic heterocycles. The van der Waals surface area contributed by atoms with Crippen LogP contribution in [0, 0.1) is 0 Å². The zero-order chi connectivity index (χ0) is 24.1. The molecule has 0 radical (unpaired) electrons. The van der Waals surface area contributed by atoms with Crippen LogP contribution in [0.1, 0.15) is 29.6 Å². The van der Waals surface area contributed by atoms with Gasteiger partial charge < -0.3 is 15.0 Å². The molecule has 1 fully saturated rings. The second-order valence-electron chi connectivity index (χ2n) is 8.08. The maximum absolute atomic E-state index is 13.1. The second-order valence-corrected chi connectivity index (χ2v) is 10.0. The Bertz CT molecular complexity index is 1240. The summed E-state index contributed by atoms with van der Waals surface area (Å²) < 4.78 is 32.6. The molecule has 0 spiro atoms. The Morgan fingerprint density at radius 3 is 2.35 bits per heavy atom. The number of para-hydroxylation sites is 2. The number of carbonyl (C=O) groups is 1. The molecule has 0 bridgehead atoms. The van der Waals surface area contributed by atoms with Crippen LogP contribution in [0.3, 0.4) is 0 Å². The number of sulfonamides is 1. The first-order valence-electron chi connectivity index (χ1n) is 11.1. The number of hydrogen-bond donors (Lipinski definition) is 1. The van der Waals surface area contributed by atoms with Crippen LogP contribution in [0.25, 0.3) is 0 Å². The highest BCUT2D eigenvalue weighted by molar-refractivity contribution is 7.92. The Morgan fingerprint density at radius 1 is 1.00 bits per heavy atom. The van der Waals surface area contributed by atoms with Gasteiger partial charge in [-0.1, -0.05) is 12.1 Å². The Kier molecular flexibility index (Phi) is 7.02. The molecule has 0 atom stereocenters. The quantitative estimate of drug-likeness (QED) is 0.546. The van der Waals surface area contributed by atoms with Crippen LogP contribution in [-0.4, -0.2) is 46.6 Å². The van der Waals surface area contributed by atoms with E-state index in [1.165, 1.54) is 57.7 Å². The Morgan fingerprint density at radius 2 is 1.71 bits per heavy atom. The number of nitrogens with zero attached hydrogens (tertiary/aromatic N) is 3. The molecule has 1 amide bonds. The summed E-state index contributed by atoms with van der Waals surface area (Å²) in [5, 5.41) is 2.81. The molecular formula is C25H28N4O4S. The number of hydrogen-bond acceptors (Lipinski definition) is 6. The monoisotopic (exact) mass is 480 g/mol. The third-order valence-corrected chi connectivity index (χ3v) is 7.67. The van der Waals surface area contributed by atoms with Crippen LogP contribution >= 0.6 is 0 Å². The van der Waals surface area contributed by atoms with Crippen LogP contribution in [0.4, 0.5) is 17.2 Å². The molecule has 3 aromatic rings. The van der Waals surface area contributed by atoms with Gasteiger partial charge in [-0.2, -0.15) is 0 Å². The summed E-state index contributed by atoms with van der Waals surface area (Å²) in [5.74, 6) is 1.02. The topological polar surface area (TPSA) is 91.8 Å². The normalized spacial score (nSPS) is 13.9. The van der Waals surface area contributed by atoms with E-state index >= 15 is 0 Å². The van der Waals surface area contributed by atoms with Gasteiger partial charge in [0.05, 0.1) is 29.6 Å². The fourth-order valence-electron chi connectivity index (χ4n) is 3.93. The average Bonchev–Trinajstić information content (AvgIpc) is 2.89. The molecule has 9 heteroatoms. The lowest BCUT2D eigenvalue weighted by Gasteiger charge is -2.27. The van der Waals surface area contributed by atoms with Crippen molar-refractivity contribution in [3.63, 3.8) is 0 Å². The molecule has 4 rings (SSSR count). The minimum absolute atomic E-state index is 0.0741. The summed E-state index contributed by atoms with van der Waals surface area (Å²) in [6.07, 6.45) is 5.23. The van der Waals surface area contributed by atoms with Gasteiger partial charge in [0.2, 0.25) is 0 Å². The van der Waals surface area contributed by atoms with E-state index in [0.29, 0.717) is 22.7 Å². The molecule has 1 N–H and O–H groups in total. The van der Waals surface area contributed by atoms with E-state index < -0.39 is 10.0 Å². The van der Waals surface area contributed by atoms with Crippen molar-refractivity contribution in [1.82, 2.24) is 4.98 Å². The molecule has 2 aromatic carbocycles. The van der Waals surface area contributed by atoms with Crippen molar-refractivity contribution < 1.29 is 17.9 Å². The highest BCUT2D eigenvalue weighted by atomic mass is 32.2. The van der Waals surface area contributed by atoms with Gasteiger partial charge in [-0.25, -0.2) is 13.4 Å². The van der Waals surface area contributed by atoms with Crippen molar-refractivity contribution in [3.8, 4) is 5.75 Å². The lowest BCUT2D eigenvalue weighted by Crippen LogP contribution is -2.30. The van der Waals surface area contributed by atoms with Crippen LogP contribution < -0.4 is 19.3 Å². The number of methoxy groups -OCH3 is 1. The average molecular weight is 481 g/mol. The molecule has 2 heterocycles. The zero-order valence-corrected chi connectivity index (χ0v) is 20.1. The van der Waals surface area contributed by atoms with Crippen molar-refractivity contribution in [2.75, 3.05) is 41.8 Å². The van der Waals surface area contributed by atoms with E-state index in [9.17, 15) is 13.2 Å².